The van der Waals surface area contributed by atoms with Gasteiger partial charge in [-0.1, -0.05) is 0 Å². The molecule has 0 aromatic carbocycles. The summed E-state index contributed by atoms with van der Waals surface area (Å²) in [5.41, 5.74) is 0. The van der Waals surface area contributed by atoms with Gasteiger partial charge in [-0.2, -0.15) is 0 Å². The van der Waals surface area contributed by atoms with E-state index < -0.39 is 6.10 Å². The highest BCUT2D eigenvalue weighted by Gasteiger charge is 1.88. The lowest BCUT2D eigenvalue weighted by molar-refractivity contribution is 0.0463. The maximum Gasteiger partial charge on any atom is 0.0935 e. The molecular formula is C3H12ClNO3. The van der Waals surface area contributed by atoms with Gasteiger partial charge >= 0.3 is 0 Å². The highest BCUT2D eigenvalue weighted by molar-refractivity contribution is 5.85. The zero-order valence-corrected chi connectivity index (χ0v) is 5.44. The van der Waals surface area contributed by atoms with Gasteiger partial charge in [-0.25, -0.2) is 5.90 Å². The van der Waals surface area contributed by atoms with Crippen LogP contribution in [0.3, 0.4) is 0 Å². The number of halogens is 1. The summed E-state index contributed by atoms with van der Waals surface area (Å²) in [5, 5.41) is 8.35. The third-order valence-electron chi connectivity index (χ3n) is 0.337. The zero-order chi connectivity index (χ0) is 4.99. The van der Waals surface area contributed by atoms with E-state index in [2.05, 4.69) is 10.7 Å². The third-order valence-corrected chi connectivity index (χ3v) is 0.337. The highest BCUT2D eigenvalue weighted by Crippen LogP contribution is 1.73. The van der Waals surface area contributed by atoms with Crippen molar-refractivity contribution < 1.29 is 15.4 Å². The molecule has 54 valence electrons. The molecule has 0 radical (unpaired) electrons. The van der Waals surface area contributed by atoms with Crippen molar-refractivity contribution in [1.29, 1.82) is 0 Å². The molecule has 8 heavy (non-hydrogen) atoms. The Morgan fingerprint density at radius 2 is 2.12 bits per heavy atom. The Morgan fingerprint density at radius 3 is 2.12 bits per heavy atom. The molecule has 4 nitrogen and oxygen atoms in total. The van der Waals surface area contributed by atoms with E-state index in [0.717, 1.165) is 0 Å². The predicted octanol–water partition coefficient (Wildman–Crippen LogP) is -1.15. The molecule has 0 amide bonds. The summed E-state index contributed by atoms with van der Waals surface area (Å²) >= 11 is 0. The molecule has 0 aromatic heterocycles. The fraction of sp³-hybridized carbons (Fsp3) is 1.00. The Kier molecular flexibility index (Phi) is 20.0. The van der Waals surface area contributed by atoms with Crippen molar-refractivity contribution in [2.75, 3.05) is 6.61 Å². The summed E-state index contributed by atoms with van der Waals surface area (Å²) in [7, 11) is 0. The van der Waals surface area contributed by atoms with Crippen LogP contribution in [0.5, 0.6) is 0 Å². The molecule has 0 bridgehead atoms. The first-order valence-electron chi connectivity index (χ1n) is 1.77. The van der Waals surface area contributed by atoms with Crippen LogP contribution in [0.2, 0.25) is 0 Å². The first-order valence-corrected chi connectivity index (χ1v) is 1.77. The molecule has 1 unspecified atom stereocenters. The van der Waals surface area contributed by atoms with Gasteiger partial charge in [0.05, 0.1) is 12.7 Å². The van der Waals surface area contributed by atoms with E-state index in [4.69, 9.17) is 5.11 Å². The molecular weight excluding hydrogens is 133 g/mol. The van der Waals surface area contributed by atoms with Gasteiger partial charge in [-0.15, -0.1) is 12.4 Å². The maximum atomic E-state index is 8.35. The van der Waals surface area contributed by atoms with Crippen LogP contribution in [-0.4, -0.2) is 23.3 Å². The van der Waals surface area contributed by atoms with Crippen molar-refractivity contribution in [3.63, 3.8) is 0 Å². The van der Waals surface area contributed by atoms with Gasteiger partial charge in [0.15, 0.2) is 0 Å². The van der Waals surface area contributed by atoms with Crippen LogP contribution < -0.4 is 5.90 Å². The van der Waals surface area contributed by atoms with Crippen LogP contribution in [0.15, 0.2) is 0 Å². The van der Waals surface area contributed by atoms with Crippen LogP contribution in [0, 0.1) is 0 Å². The van der Waals surface area contributed by atoms with E-state index in [1.54, 1.807) is 6.92 Å². The molecule has 0 aliphatic heterocycles. The molecule has 0 aromatic rings. The van der Waals surface area contributed by atoms with Crippen molar-refractivity contribution >= 4 is 12.4 Å². The van der Waals surface area contributed by atoms with E-state index in [0.29, 0.717) is 0 Å². The average molecular weight is 146 g/mol. The molecule has 0 fully saturated rings. The Balaban J connectivity index is -0.000000125. The largest absolute Gasteiger partial charge is 0.412 e. The van der Waals surface area contributed by atoms with Gasteiger partial charge < -0.3 is 15.4 Å². The van der Waals surface area contributed by atoms with Crippen LogP contribution in [0.25, 0.3) is 0 Å². The predicted molar refractivity (Wildman–Crippen MR) is 32.7 cm³/mol. The number of nitrogens with two attached hydrogens (primary N) is 1. The minimum absolute atomic E-state index is 0. The number of aliphatic hydroxyl groups excluding tert-OH is 1. The molecule has 0 aliphatic rings. The van der Waals surface area contributed by atoms with E-state index in [-0.39, 0.29) is 24.5 Å². The van der Waals surface area contributed by atoms with Gasteiger partial charge in [-0.3, -0.25) is 0 Å². The van der Waals surface area contributed by atoms with Crippen molar-refractivity contribution in [1.82, 2.24) is 0 Å². The van der Waals surface area contributed by atoms with Crippen LogP contribution >= 0.6 is 12.4 Å². The molecule has 0 aliphatic carbocycles. The fourth-order valence-corrected chi connectivity index (χ4v) is 0.139. The molecule has 0 saturated heterocycles. The van der Waals surface area contributed by atoms with Crippen molar-refractivity contribution in [3.8, 4) is 0 Å². The number of aliphatic hydroxyl groups is 1. The van der Waals surface area contributed by atoms with Crippen LogP contribution in [0.1, 0.15) is 6.92 Å². The Bertz CT molecular complexity index is 35.7. The number of rotatable bonds is 2. The lowest BCUT2D eigenvalue weighted by Gasteiger charge is -1.96. The summed E-state index contributed by atoms with van der Waals surface area (Å²) in [6, 6.07) is 0. The zero-order valence-electron chi connectivity index (χ0n) is 4.63. The van der Waals surface area contributed by atoms with Crippen molar-refractivity contribution in [3.05, 3.63) is 0 Å². The molecule has 0 heterocycles. The SMILES string of the molecule is CC(O)CON.Cl.O. The lowest BCUT2D eigenvalue weighted by atomic mass is 10.5. The monoisotopic (exact) mass is 145 g/mol. The smallest absolute Gasteiger partial charge is 0.0935 e. The Morgan fingerprint density at radius 1 is 1.75 bits per heavy atom. The first kappa shape index (κ1) is 15.7. The third kappa shape index (κ3) is 16.5. The Hall–Kier alpha value is 0.130. The second-order valence-electron chi connectivity index (χ2n) is 1.18. The molecule has 5 heteroatoms. The highest BCUT2D eigenvalue weighted by atomic mass is 35.5. The molecule has 5 N–H and O–H groups in total. The van der Waals surface area contributed by atoms with Gasteiger partial charge in [0, 0.05) is 0 Å². The molecule has 0 rings (SSSR count). The van der Waals surface area contributed by atoms with Crippen molar-refractivity contribution in [2.45, 2.75) is 13.0 Å². The van der Waals surface area contributed by atoms with Gasteiger partial charge in [0.25, 0.3) is 0 Å². The normalized spacial score (nSPS) is 10.9. The standard InChI is InChI=1S/C3H9NO2.ClH.H2O/c1-3(5)2-6-4;;/h3,5H,2,4H2,1H3;1H;1H2. The first-order chi connectivity index (χ1) is 2.77. The van der Waals surface area contributed by atoms with Gasteiger partial charge in [0.2, 0.25) is 0 Å². The summed E-state index contributed by atoms with van der Waals surface area (Å²) in [6.45, 7) is 1.81. The molecule has 0 spiro atoms. The second-order valence-corrected chi connectivity index (χ2v) is 1.18. The van der Waals surface area contributed by atoms with E-state index in [1.807, 2.05) is 0 Å². The fourth-order valence-electron chi connectivity index (χ4n) is 0.139. The minimum atomic E-state index is -0.449. The quantitative estimate of drug-likeness (QED) is 0.482. The van der Waals surface area contributed by atoms with Gasteiger partial charge in [-0.05, 0) is 6.92 Å². The molecule has 0 saturated carbocycles. The van der Waals surface area contributed by atoms with Gasteiger partial charge in [0.1, 0.15) is 0 Å². The van der Waals surface area contributed by atoms with E-state index in [9.17, 15) is 0 Å². The maximum absolute atomic E-state index is 8.35. The lowest BCUT2D eigenvalue weighted by Crippen LogP contribution is -2.13. The summed E-state index contributed by atoms with van der Waals surface area (Å²) in [6.07, 6.45) is -0.449. The average Bonchev–Trinajstić information content (AvgIpc) is 1.35. The minimum Gasteiger partial charge on any atom is -0.412 e. The number of hydrogen-bond acceptors (Lipinski definition) is 3. The summed E-state index contributed by atoms with van der Waals surface area (Å²) in [5.74, 6) is 4.57. The Labute approximate surface area is 54.3 Å². The van der Waals surface area contributed by atoms with Crippen LogP contribution in [0.4, 0.5) is 0 Å². The topological polar surface area (TPSA) is 87.0 Å². The van der Waals surface area contributed by atoms with E-state index in [1.165, 1.54) is 0 Å². The summed E-state index contributed by atoms with van der Waals surface area (Å²) < 4.78 is 0. The molecule has 1 atom stereocenters. The van der Waals surface area contributed by atoms with Crippen molar-refractivity contribution in [2.24, 2.45) is 5.90 Å². The number of hydrogen-bond donors (Lipinski definition) is 2. The summed E-state index contributed by atoms with van der Waals surface area (Å²) in [4.78, 5) is 4.05. The van der Waals surface area contributed by atoms with E-state index >= 15 is 0 Å². The second kappa shape index (κ2) is 10.2. The van der Waals surface area contributed by atoms with Crippen LogP contribution in [-0.2, 0) is 4.84 Å².